The van der Waals surface area contributed by atoms with Crippen molar-refractivity contribution in [1.29, 1.82) is 0 Å². The Morgan fingerprint density at radius 1 is 0.500 bits per heavy atom. The van der Waals surface area contributed by atoms with Gasteiger partial charge in [0.1, 0.15) is 23.2 Å². The molecule has 3 rings (SSSR count). The number of hydrogen-bond donors (Lipinski definition) is 1. The Kier molecular flexibility index (Phi) is 11.3. The van der Waals surface area contributed by atoms with Gasteiger partial charge < -0.3 is 5.11 Å². The van der Waals surface area contributed by atoms with Gasteiger partial charge in [0.05, 0.1) is 6.16 Å². The largest absolute Gasteiger partial charge is 0.481 e. The zero-order valence-electron chi connectivity index (χ0n) is 20.4. The second-order valence-corrected chi connectivity index (χ2v) is 12.8. The van der Waals surface area contributed by atoms with E-state index in [-0.39, 0.29) is 0 Å². The number of carboxylic acid groups (broad SMARTS) is 1. The molecule has 0 spiro atoms. The van der Waals surface area contributed by atoms with Crippen molar-refractivity contribution in [3.05, 3.63) is 91.0 Å². The summed E-state index contributed by atoms with van der Waals surface area (Å²) in [5.41, 5.74) is 0. The van der Waals surface area contributed by atoms with Gasteiger partial charge in [0.25, 0.3) is 0 Å². The minimum absolute atomic E-state index is 0.319. The molecule has 0 atom stereocenters. The average molecular weight is 476 g/mol. The molecule has 1 N–H and O–H groups in total. The number of unbranched alkanes of at least 4 members (excludes halogenated alkanes) is 9. The van der Waals surface area contributed by atoms with Crippen molar-refractivity contribution in [3.63, 3.8) is 0 Å². The van der Waals surface area contributed by atoms with Crippen LogP contribution in [-0.2, 0) is 4.79 Å². The first-order valence-electron chi connectivity index (χ1n) is 13.0. The van der Waals surface area contributed by atoms with E-state index in [0.717, 1.165) is 12.8 Å². The van der Waals surface area contributed by atoms with Crippen LogP contribution in [0.1, 0.15) is 70.6 Å². The summed E-state index contributed by atoms with van der Waals surface area (Å²) in [6, 6.07) is 33.6. The summed E-state index contributed by atoms with van der Waals surface area (Å²) in [6.45, 7) is 0. The maximum Gasteiger partial charge on any atom is 0.303 e. The predicted octanol–water partition coefficient (Wildman–Crippen LogP) is 7.36. The van der Waals surface area contributed by atoms with Gasteiger partial charge in [-0.25, -0.2) is 0 Å². The number of rotatable bonds is 16. The maximum atomic E-state index is 10.6. The summed E-state index contributed by atoms with van der Waals surface area (Å²) in [4.78, 5) is 10.6. The van der Waals surface area contributed by atoms with Crippen molar-refractivity contribution in [3.8, 4) is 0 Å². The van der Waals surface area contributed by atoms with Crippen LogP contribution in [0.15, 0.2) is 91.0 Å². The topological polar surface area (TPSA) is 37.3 Å². The normalized spacial score (nSPS) is 11.4. The molecule has 0 radical (unpaired) electrons. The van der Waals surface area contributed by atoms with Crippen LogP contribution < -0.4 is 15.9 Å². The van der Waals surface area contributed by atoms with E-state index in [0.29, 0.717) is 6.42 Å². The fourth-order valence-corrected chi connectivity index (χ4v) is 9.33. The maximum absolute atomic E-state index is 10.6. The molecular formula is C31H40O2P+. The minimum atomic E-state index is -1.68. The highest BCUT2D eigenvalue weighted by atomic mass is 31.2. The van der Waals surface area contributed by atoms with E-state index in [9.17, 15) is 4.79 Å². The Morgan fingerprint density at radius 3 is 1.18 bits per heavy atom. The Balaban J connectivity index is 1.55. The van der Waals surface area contributed by atoms with Crippen molar-refractivity contribution in [2.75, 3.05) is 6.16 Å². The van der Waals surface area contributed by atoms with Gasteiger partial charge in [-0.1, -0.05) is 99.5 Å². The third-order valence-electron chi connectivity index (χ3n) is 6.73. The summed E-state index contributed by atoms with van der Waals surface area (Å²) >= 11 is 0. The van der Waals surface area contributed by atoms with Crippen LogP contribution in [0.2, 0.25) is 0 Å². The molecule has 0 saturated carbocycles. The van der Waals surface area contributed by atoms with Crippen LogP contribution >= 0.6 is 7.26 Å². The summed E-state index contributed by atoms with van der Waals surface area (Å²) < 4.78 is 0. The van der Waals surface area contributed by atoms with Gasteiger partial charge in [-0.05, 0) is 55.7 Å². The Morgan fingerprint density at radius 2 is 0.824 bits per heavy atom. The number of hydrogen-bond acceptors (Lipinski definition) is 1. The van der Waals surface area contributed by atoms with Crippen LogP contribution in [0.5, 0.6) is 0 Å². The highest BCUT2D eigenvalue weighted by Gasteiger charge is 2.44. The van der Waals surface area contributed by atoms with Crippen molar-refractivity contribution in [1.82, 2.24) is 0 Å². The average Bonchev–Trinajstić information content (AvgIpc) is 2.88. The molecule has 3 aromatic carbocycles. The summed E-state index contributed by atoms with van der Waals surface area (Å²) in [7, 11) is -1.68. The molecule has 0 aliphatic carbocycles. The van der Waals surface area contributed by atoms with Gasteiger partial charge >= 0.3 is 5.97 Å². The van der Waals surface area contributed by atoms with Crippen molar-refractivity contribution < 1.29 is 9.90 Å². The molecule has 2 nitrogen and oxygen atoms in total. The summed E-state index contributed by atoms with van der Waals surface area (Å²) in [5, 5.41) is 13.1. The number of benzene rings is 3. The number of carboxylic acids is 1. The van der Waals surface area contributed by atoms with Gasteiger partial charge in [0.15, 0.2) is 0 Å². The first-order chi connectivity index (χ1) is 16.7. The molecule has 0 amide bonds. The van der Waals surface area contributed by atoms with E-state index < -0.39 is 13.2 Å². The monoisotopic (exact) mass is 475 g/mol. The Labute approximate surface area is 206 Å². The van der Waals surface area contributed by atoms with Gasteiger partial charge in [-0.3, -0.25) is 4.79 Å². The van der Waals surface area contributed by atoms with Crippen molar-refractivity contribution in [2.24, 2.45) is 0 Å². The van der Waals surface area contributed by atoms with Crippen LogP contribution in [0.25, 0.3) is 0 Å². The molecule has 3 heteroatoms. The first-order valence-corrected chi connectivity index (χ1v) is 15.0. The lowest BCUT2D eigenvalue weighted by Gasteiger charge is -2.27. The minimum Gasteiger partial charge on any atom is -0.481 e. The molecule has 180 valence electrons. The van der Waals surface area contributed by atoms with E-state index >= 15 is 0 Å². The zero-order valence-corrected chi connectivity index (χ0v) is 21.3. The number of carbonyl (C=O) groups is 1. The van der Waals surface area contributed by atoms with Gasteiger partial charge in [0, 0.05) is 6.42 Å². The first kappa shape index (κ1) is 26.2. The lowest BCUT2D eigenvalue weighted by molar-refractivity contribution is -0.137. The second-order valence-electron chi connectivity index (χ2n) is 9.22. The van der Waals surface area contributed by atoms with Gasteiger partial charge in [-0.15, -0.1) is 0 Å². The van der Waals surface area contributed by atoms with E-state index in [1.807, 2.05) is 0 Å². The fraction of sp³-hybridized carbons (Fsp3) is 0.387. The Hall–Kier alpha value is -2.44. The van der Waals surface area contributed by atoms with Crippen LogP contribution in [0.4, 0.5) is 0 Å². The molecule has 0 aromatic heterocycles. The predicted molar refractivity (Wildman–Crippen MR) is 148 cm³/mol. The third-order valence-corrected chi connectivity index (χ3v) is 11.3. The van der Waals surface area contributed by atoms with Gasteiger partial charge in [0.2, 0.25) is 0 Å². The molecule has 34 heavy (non-hydrogen) atoms. The highest BCUT2D eigenvalue weighted by molar-refractivity contribution is 7.95. The highest BCUT2D eigenvalue weighted by Crippen LogP contribution is 2.55. The van der Waals surface area contributed by atoms with E-state index in [4.69, 9.17) is 5.11 Å². The van der Waals surface area contributed by atoms with Gasteiger partial charge in [-0.2, -0.15) is 0 Å². The quantitative estimate of drug-likeness (QED) is 0.174. The molecule has 0 saturated heterocycles. The van der Waals surface area contributed by atoms with Crippen molar-refractivity contribution >= 4 is 29.1 Å². The summed E-state index contributed by atoms with van der Waals surface area (Å²) in [6.07, 6.45) is 13.6. The zero-order chi connectivity index (χ0) is 23.9. The molecule has 0 heterocycles. The van der Waals surface area contributed by atoms with Crippen LogP contribution in [0.3, 0.4) is 0 Å². The lowest BCUT2D eigenvalue weighted by atomic mass is 10.1. The van der Waals surface area contributed by atoms with Crippen LogP contribution in [-0.4, -0.2) is 17.2 Å². The van der Waals surface area contributed by atoms with Crippen LogP contribution in [0, 0.1) is 0 Å². The molecule has 3 aromatic rings. The SMILES string of the molecule is O=C(O)CCCCCCCCCCCC[P+](c1ccccc1)(c1ccccc1)c1ccccc1. The lowest BCUT2D eigenvalue weighted by Crippen LogP contribution is -2.33. The third kappa shape index (κ3) is 7.81. The fourth-order valence-electron chi connectivity index (χ4n) is 4.92. The number of aliphatic carboxylic acids is 1. The molecular weight excluding hydrogens is 435 g/mol. The molecule has 0 unspecified atom stereocenters. The van der Waals surface area contributed by atoms with E-state index in [2.05, 4.69) is 91.0 Å². The second kappa shape index (κ2) is 14.7. The standard InChI is InChI=1S/C31H39O2P/c32-31(33)26-18-7-5-3-1-2-4-6-8-19-27-34(28-20-12-9-13-21-28,29-22-14-10-15-23-29)30-24-16-11-17-25-30/h9-17,20-25H,1-8,18-19,26-27H2/p+1. The van der Waals surface area contributed by atoms with Crippen molar-refractivity contribution in [2.45, 2.75) is 70.6 Å². The molecule has 0 bridgehead atoms. The molecule has 0 aliphatic heterocycles. The van der Waals surface area contributed by atoms with E-state index in [1.54, 1.807) is 0 Å². The summed E-state index contributed by atoms with van der Waals surface area (Å²) in [5.74, 6) is -0.668. The smallest absolute Gasteiger partial charge is 0.303 e. The molecule has 0 aliphatic rings. The van der Waals surface area contributed by atoms with E-state index in [1.165, 1.54) is 73.4 Å². The Bertz CT molecular complexity index is 844. The molecule has 0 fully saturated rings.